The second-order valence-electron chi connectivity index (χ2n) is 3.79. The average Bonchev–Trinajstić information content (AvgIpc) is 3.11. The van der Waals surface area contributed by atoms with E-state index in [4.69, 9.17) is 16.3 Å². The summed E-state index contributed by atoms with van der Waals surface area (Å²) in [5.74, 6) is -0.858. The smallest absolute Gasteiger partial charge is 0.340 e. The van der Waals surface area contributed by atoms with Gasteiger partial charge >= 0.3 is 5.97 Å². The first-order valence-corrected chi connectivity index (χ1v) is 5.61. The van der Waals surface area contributed by atoms with E-state index in [0.29, 0.717) is 5.15 Å². The van der Waals surface area contributed by atoms with Gasteiger partial charge in [0.15, 0.2) is 6.61 Å². The third-order valence-corrected chi connectivity index (χ3v) is 2.46. The largest absolute Gasteiger partial charge is 0.452 e. The lowest BCUT2D eigenvalue weighted by atomic mass is 10.3. The molecule has 1 amide bonds. The van der Waals surface area contributed by atoms with Gasteiger partial charge in [-0.25, -0.2) is 9.78 Å². The van der Waals surface area contributed by atoms with E-state index in [2.05, 4.69) is 10.3 Å². The number of amides is 1. The Morgan fingerprint density at radius 3 is 2.82 bits per heavy atom. The van der Waals surface area contributed by atoms with E-state index in [0.717, 1.165) is 12.8 Å². The van der Waals surface area contributed by atoms with Crippen LogP contribution in [-0.4, -0.2) is 29.5 Å². The number of aromatic nitrogens is 1. The molecule has 0 atom stereocenters. The van der Waals surface area contributed by atoms with Gasteiger partial charge in [0.2, 0.25) is 0 Å². The molecule has 1 aliphatic carbocycles. The van der Waals surface area contributed by atoms with Gasteiger partial charge in [-0.2, -0.15) is 0 Å². The van der Waals surface area contributed by atoms with Crippen molar-refractivity contribution in [2.24, 2.45) is 0 Å². The summed E-state index contributed by atoms with van der Waals surface area (Å²) in [4.78, 5) is 26.5. The van der Waals surface area contributed by atoms with Crippen molar-refractivity contribution in [2.75, 3.05) is 6.61 Å². The quantitative estimate of drug-likeness (QED) is 0.647. The fourth-order valence-electron chi connectivity index (χ4n) is 1.21. The summed E-state index contributed by atoms with van der Waals surface area (Å²) in [6, 6.07) is 3.25. The number of rotatable bonds is 4. The van der Waals surface area contributed by atoms with Crippen molar-refractivity contribution in [3.8, 4) is 0 Å². The molecule has 1 N–H and O–H groups in total. The number of hydrogen-bond acceptors (Lipinski definition) is 4. The summed E-state index contributed by atoms with van der Waals surface area (Å²) >= 11 is 5.58. The maximum Gasteiger partial charge on any atom is 0.340 e. The van der Waals surface area contributed by atoms with Crippen LogP contribution in [0.4, 0.5) is 0 Å². The van der Waals surface area contributed by atoms with Crippen molar-refractivity contribution < 1.29 is 14.3 Å². The minimum Gasteiger partial charge on any atom is -0.452 e. The molecule has 1 aliphatic rings. The van der Waals surface area contributed by atoms with Crippen molar-refractivity contribution in [1.29, 1.82) is 0 Å². The first-order valence-electron chi connectivity index (χ1n) is 5.23. The highest BCUT2D eigenvalue weighted by Crippen LogP contribution is 2.18. The second kappa shape index (κ2) is 5.14. The summed E-state index contributed by atoms with van der Waals surface area (Å²) in [5.41, 5.74) is 0.272. The molecule has 0 aliphatic heterocycles. The monoisotopic (exact) mass is 254 g/mol. The fourth-order valence-corrected chi connectivity index (χ4v) is 1.32. The van der Waals surface area contributed by atoms with Crippen LogP contribution in [0.15, 0.2) is 18.3 Å². The van der Waals surface area contributed by atoms with E-state index in [1.165, 1.54) is 18.3 Å². The number of nitrogens with zero attached hydrogens (tertiary/aromatic N) is 1. The third-order valence-electron chi connectivity index (χ3n) is 2.24. The summed E-state index contributed by atoms with van der Waals surface area (Å²) in [6.07, 6.45) is 3.31. The highest BCUT2D eigenvalue weighted by molar-refractivity contribution is 6.29. The molecule has 6 heteroatoms. The minimum absolute atomic E-state index is 0.262. The Morgan fingerprint density at radius 1 is 1.47 bits per heavy atom. The Kier molecular flexibility index (Phi) is 3.58. The predicted octanol–water partition coefficient (Wildman–Crippen LogP) is 1.17. The van der Waals surface area contributed by atoms with Gasteiger partial charge in [-0.15, -0.1) is 0 Å². The Balaban J connectivity index is 1.79. The second-order valence-corrected chi connectivity index (χ2v) is 4.17. The first-order chi connectivity index (χ1) is 8.15. The highest BCUT2D eigenvalue weighted by Gasteiger charge is 2.23. The van der Waals surface area contributed by atoms with E-state index in [9.17, 15) is 9.59 Å². The molecule has 1 heterocycles. The Hall–Kier alpha value is -1.62. The first kappa shape index (κ1) is 11.9. The molecule has 17 heavy (non-hydrogen) atoms. The number of nitrogens with one attached hydrogen (secondary N) is 1. The molecule has 2 rings (SSSR count). The van der Waals surface area contributed by atoms with Crippen molar-refractivity contribution in [3.63, 3.8) is 0 Å². The molecule has 0 bridgehead atoms. The van der Waals surface area contributed by atoms with Crippen LogP contribution in [0.3, 0.4) is 0 Å². The molecule has 0 aromatic carbocycles. The zero-order valence-electron chi connectivity index (χ0n) is 8.98. The topological polar surface area (TPSA) is 68.3 Å². The van der Waals surface area contributed by atoms with E-state index in [1.807, 2.05) is 0 Å². The molecular weight excluding hydrogens is 244 g/mol. The van der Waals surface area contributed by atoms with Crippen LogP contribution in [0.25, 0.3) is 0 Å². The van der Waals surface area contributed by atoms with Crippen LogP contribution in [0.1, 0.15) is 23.2 Å². The summed E-state index contributed by atoms with van der Waals surface area (Å²) in [7, 11) is 0. The van der Waals surface area contributed by atoms with Gasteiger partial charge in [-0.05, 0) is 25.0 Å². The number of hydrogen-bond donors (Lipinski definition) is 1. The van der Waals surface area contributed by atoms with E-state index >= 15 is 0 Å². The van der Waals surface area contributed by atoms with E-state index in [-0.39, 0.29) is 24.1 Å². The van der Waals surface area contributed by atoms with Crippen molar-refractivity contribution >= 4 is 23.5 Å². The highest BCUT2D eigenvalue weighted by atomic mass is 35.5. The minimum atomic E-state index is -0.583. The number of ether oxygens (including phenoxy) is 1. The van der Waals surface area contributed by atoms with E-state index in [1.54, 1.807) is 0 Å². The molecule has 0 radical (unpaired) electrons. The van der Waals surface area contributed by atoms with Gasteiger partial charge in [-0.1, -0.05) is 11.6 Å². The summed E-state index contributed by atoms with van der Waals surface area (Å²) in [6.45, 7) is -0.266. The fraction of sp³-hybridized carbons (Fsp3) is 0.364. The molecule has 0 spiro atoms. The number of halogens is 1. The predicted molar refractivity (Wildman–Crippen MR) is 60.7 cm³/mol. The average molecular weight is 255 g/mol. The molecule has 0 saturated heterocycles. The molecule has 1 aromatic rings. The van der Waals surface area contributed by atoms with Crippen molar-refractivity contribution in [3.05, 3.63) is 29.0 Å². The summed E-state index contributed by atoms with van der Waals surface area (Å²) in [5, 5.41) is 3.02. The van der Waals surface area contributed by atoms with Crippen LogP contribution in [0, 0.1) is 0 Å². The number of pyridine rings is 1. The van der Waals surface area contributed by atoms with Crippen LogP contribution in [-0.2, 0) is 9.53 Å². The number of esters is 1. The van der Waals surface area contributed by atoms with Gasteiger partial charge in [0.05, 0.1) is 5.56 Å². The van der Waals surface area contributed by atoms with E-state index < -0.39 is 5.97 Å². The molecular formula is C11H11ClN2O3. The van der Waals surface area contributed by atoms with Crippen molar-refractivity contribution in [2.45, 2.75) is 18.9 Å². The molecule has 1 saturated carbocycles. The Bertz CT molecular complexity index is 429. The number of carbonyl (C=O) groups is 2. The third kappa shape index (κ3) is 3.71. The van der Waals surface area contributed by atoms with Crippen LogP contribution in [0.2, 0.25) is 5.15 Å². The van der Waals surface area contributed by atoms with Crippen LogP contribution < -0.4 is 5.32 Å². The maximum absolute atomic E-state index is 11.5. The lowest BCUT2D eigenvalue weighted by molar-refractivity contribution is -0.124. The lowest BCUT2D eigenvalue weighted by Gasteiger charge is -2.05. The van der Waals surface area contributed by atoms with Crippen molar-refractivity contribution in [1.82, 2.24) is 10.3 Å². The molecule has 0 unspecified atom stereocenters. The van der Waals surface area contributed by atoms with Crippen LogP contribution in [0.5, 0.6) is 0 Å². The Morgan fingerprint density at radius 2 is 2.24 bits per heavy atom. The van der Waals surface area contributed by atoms with Gasteiger partial charge in [-0.3, -0.25) is 4.79 Å². The number of carbonyl (C=O) groups excluding carboxylic acids is 2. The van der Waals surface area contributed by atoms with Gasteiger partial charge in [0.25, 0.3) is 5.91 Å². The lowest BCUT2D eigenvalue weighted by Crippen LogP contribution is -2.30. The molecule has 1 aromatic heterocycles. The zero-order chi connectivity index (χ0) is 12.3. The summed E-state index contributed by atoms with van der Waals surface area (Å²) < 4.78 is 4.82. The van der Waals surface area contributed by atoms with Crippen LogP contribution >= 0.6 is 11.6 Å². The van der Waals surface area contributed by atoms with Gasteiger partial charge in [0.1, 0.15) is 5.15 Å². The standard InChI is InChI=1S/C11H11ClN2O3/c12-9-4-1-7(5-13-9)11(16)17-6-10(15)14-8-2-3-8/h1,4-5,8H,2-3,6H2,(H,14,15). The SMILES string of the molecule is O=C(COC(=O)c1ccc(Cl)nc1)NC1CC1. The van der Waals surface area contributed by atoms with Gasteiger partial charge in [0, 0.05) is 12.2 Å². The van der Waals surface area contributed by atoms with Gasteiger partial charge < -0.3 is 10.1 Å². The molecule has 1 fully saturated rings. The molecule has 5 nitrogen and oxygen atoms in total. The zero-order valence-corrected chi connectivity index (χ0v) is 9.74. The normalized spacial score (nSPS) is 14.2. The molecule has 90 valence electrons. The Labute approximate surface area is 103 Å². The maximum atomic E-state index is 11.5.